The topological polar surface area (TPSA) is 82.1 Å². The number of rotatable bonds is 3. The zero-order valence-electron chi connectivity index (χ0n) is 16.0. The third-order valence-corrected chi connectivity index (χ3v) is 5.15. The maximum Gasteiger partial charge on any atom is 0.355 e. The van der Waals surface area contributed by atoms with Gasteiger partial charge >= 0.3 is 11.9 Å². The van der Waals surface area contributed by atoms with Crippen LogP contribution in [0.4, 0.5) is 5.69 Å². The molecule has 1 aromatic rings. The highest BCUT2D eigenvalue weighted by Gasteiger charge is 2.35. The molecule has 3 rings (SSSR count). The van der Waals surface area contributed by atoms with Crippen LogP contribution in [0.5, 0.6) is 0 Å². The highest BCUT2D eigenvalue weighted by atomic mass is 16.5. The van der Waals surface area contributed by atoms with E-state index < -0.39 is 11.9 Å². The van der Waals surface area contributed by atoms with Crippen LogP contribution in [0.3, 0.4) is 0 Å². The molecule has 0 amide bonds. The lowest BCUT2D eigenvalue weighted by Gasteiger charge is -2.35. The quantitative estimate of drug-likeness (QED) is 0.752. The van der Waals surface area contributed by atoms with Crippen LogP contribution in [0.1, 0.15) is 42.6 Å². The second kappa shape index (κ2) is 7.15. The molecule has 0 unspecified atom stereocenters. The van der Waals surface area contributed by atoms with Crippen LogP contribution < -0.4 is 4.90 Å². The molecule has 1 aliphatic heterocycles. The molecule has 0 fully saturated rings. The molecule has 0 N–H and O–H groups in total. The van der Waals surface area contributed by atoms with Crippen molar-refractivity contribution in [3.63, 3.8) is 0 Å². The Morgan fingerprint density at radius 3 is 2.52 bits per heavy atom. The van der Waals surface area contributed by atoms with E-state index in [1.165, 1.54) is 19.1 Å². The Labute approximate surface area is 157 Å². The van der Waals surface area contributed by atoms with Gasteiger partial charge < -0.3 is 19.1 Å². The molecule has 0 aromatic heterocycles. The van der Waals surface area contributed by atoms with Crippen molar-refractivity contribution in [3.8, 4) is 0 Å². The van der Waals surface area contributed by atoms with E-state index >= 15 is 0 Å². The van der Waals surface area contributed by atoms with Gasteiger partial charge in [-0.25, -0.2) is 9.59 Å². The first-order valence-corrected chi connectivity index (χ1v) is 8.73. The Morgan fingerprint density at radius 2 is 1.85 bits per heavy atom. The van der Waals surface area contributed by atoms with Crippen LogP contribution in [0.15, 0.2) is 29.5 Å². The van der Waals surface area contributed by atoms with E-state index in [-0.39, 0.29) is 35.8 Å². The van der Waals surface area contributed by atoms with Crippen LogP contribution in [-0.4, -0.2) is 45.3 Å². The minimum atomic E-state index is -0.664. The van der Waals surface area contributed by atoms with Gasteiger partial charge in [0.15, 0.2) is 5.78 Å². The fourth-order valence-electron chi connectivity index (χ4n) is 3.56. The van der Waals surface area contributed by atoms with Crippen molar-refractivity contribution in [1.82, 2.24) is 0 Å². The first kappa shape index (κ1) is 19.1. The molecule has 0 atom stereocenters. The van der Waals surface area contributed by atoms with Crippen LogP contribution in [-0.2, 0) is 29.2 Å². The molecule has 0 bridgehead atoms. The summed E-state index contributed by atoms with van der Waals surface area (Å²) in [6.07, 6.45) is 1.28. The summed E-state index contributed by atoms with van der Waals surface area (Å²) in [7, 11) is 2.49. The van der Waals surface area contributed by atoms with Crippen LogP contribution in [0, 0.1) is 0 Å². The summed E-state index contributed by atoms with van der Waals surface area (Å²) >= 11 is 0. The number of ketones is 1. The van der Waals surface area contributed by atoms with E-state index in [0.29, 0.717) is 17.7 Å². The third-order valence-electron chi connectivity index (χ3n) is 5.15. The molecular weight excluding hydrogens is 350 g/mol. The van der Waals surface area contributed by atoms with E-state index in [0.717, 1.165) is 12.0 Å². The number of ether oxygens (including phenoxy) is 3. The Kier molecular flexibility index (Phi) is 5.06. The number of carbonyl (C=O) groups excluding carboxylic acids is 3. The summed E-state index contributed by atoms with van der Waals surface area (Å²) in [6, 6.07) is 5.49. The third kappa shape index (κ3) is 3.35. The Morgan fingerprint density at radius 1 is 1.15 bits per heavy atom. The molecule has 0 saturated heterocycles. The smallest absolute Gasteiger partial charge is 0.355 e. The molecule has 0 spiro atoms. The predicted octanol–water partition coefficient (Wildman–Crippen LogP) is 2.33. The van der Waals surface area contributed by atoms with Gasteiger partial charge in [-0.15, -0.1) is 0 Å². The van der Waals surface area contributed by atoms with Gasteiger partial charge in [-0.3, -0.25) is 4.79 Å². The van der Waals surface area contributed by atoms with E-state index in [2.05, 4.69) is 13.8 Å². The van der Waals surface area contributed by atoms with E-state index in [1.54, 1.807) is 6.07 Å². The van der Waals surface area contributed by atoms with Gasteiger partial charge in [-0.1, -0.05) is 19.9 Å². The van der Waals surface area contributed by atoms with Gasteiger partial charge in [-0.05, 0) is 29.5 Å². The molecule has 27 heavy (non-hydrogen) atoms. The SMILES string of the molecule is COC(=O)C1=C(C(=O)OC)N(c2ccc3c(c2)C(=O)CCC3(C)C)COC1. The number of fused-ring (bicyclic) bond motifs is 1. The lowest BCUT2D eigenvalue weighted by molar-refractivity contribution is -0.140. The highest BCUT2D eigenvalue weighted by molar-refractivity contribution is 6.04. The summed E-state index contributed by atoms with van der Waals surface area (Å²) < 4.78 is 15.1. The second-order valence-corrected chi connectivity index (χ2v) is 7.25. The Balaban J connectivity index is 2.12. The van der Waals surface area contributed by atoms with Crippen molar-refractivity contribution in [3.05, 3.63) is 40.6 Å². The highest BCUT2D eigenvalue weighted by Crippen LogP contribution is 2.39. The number of nitrogens with zero attached hydrogens (tertiary/aromatic N) is 1. The van der Waals surface area contributed by atoms with Crippen molar-refractivity contribution in [2.24, 2.45) is 0 Å². The fraction of sp³-hybridized carbons (Fsp3) is 0.450. The zero-order chi connectivity index (χ0) is 19.8. The van der Waals surface area contributed by atoms with E-state index in [1.807, 2.05) is 12.1 Å². The number of methoxy groups -OCH3 is 2. The summed E-state index contributed by atoms with van der Waals surface area (Å²) in [5.41, 5.74) is 2.26. The molecule has 1 heterocycles. The van der Waals surface area contributed by atoms with Crippen LogP contribution >= 0.6 is 0 Å². The summed E-state index contributed by atoms with van der Waals surface area (Å²) in [4.78, 5) is 38.5. The first-order valence-electron chi connectivity index (χ1n) is 8.73. The van der Waals surface area contributed by atoms with Gasteiger partial charge in [0.1, 0.15) is 12.4 Å². The van der Waals surface area contributed by atoms with Crippen LogP contribution in [0.25, 0.3) is 0 Å². The minimum absolute atomic E-state index is 0.0511. The van der Waals surface area contributed by atoms with Gasteiger partial charge in [0.05, 0.1) is 26.4 Å². The summed E-state index contributed by atoms with van der Waals surface area (Å²) in [6.45, 7) is 4.22. The molecular formula is C20H23NO6. The molecule has 1 aliphatic carbocycles. The molecule has 0 saturated carbocycles. The average Bonchev–Trinajstić information content (AvgIpc) is 2.69. The lowest BCUT2D eigenvalue weighted by Crippen LogP contribution is -2.39. The maximum absolute atomic E-state index is 12.5. The molecule has 7 heteroatoms. The van der Waals surface area contributed by atoms with Gasteiger partial charge in [0.25, 0.3) is 0 Å². The largest absolute Gasteiger partial charge is 0.466 e. The number of esters is 2. The molecule has 0 radical (unpaired) electrons. The molecule has 2 aliphatic rings. The van der Waals surface area contributed by atoms with Crippen LogP contribution in [0.2, 0.25) is 0 Å². The number of carbonyl (C=O) groups is 3. The van der Waals surface area contributed by atoms with Crippen molar-refractivity contribution in [1.29, 1.82) is 0 Å². The predicted molar refractivity (Wildman–Crippen MR) is 97.4 cm³/mol. The number of Topliss-reactive ketones (excluding diaryl/α,β-unsaturated/α-hetero) is 1. The monoisotopic (exact) mass is 373 g/mol. The lowest BCUT2D eigenvalue weighted by atomic mass is 9.72. The van der Waals surface area contributed by atoms with E-state index in [4.69, 9.17) is 14.2 Å². The zero-order valence-corrected chi connectivity index (χ0v) is 16.0. The number of anilines is 1. The van der Waals surface area contributed by atoms with Gasteiger partial charge in [0, 0.05) is 17.7 Å². The molecule has 7 nitrogen and oxygen atoms in total. The summed E-state index contributed by atoms with van der Waals surface area (Å²) in [5.74, 6) is -1.25. The fourth-order valence-corrected chi connectivity index (χ4v) is 3.56. The van der Waals surface area contributed by atoms with E-state index in [9.17, 15) is 14.4 Å². The van der Waals surface area contributed by atoms with Crippen molar-refractivity contribution >= 4 is 23.4 Å². The molecule has 1 aromatic carbocycles. The number of benzene rings is 1. The Bertz CT molecular complexity index is 839. The maximum atomic E-state index is 12.5. The standard InChI is InChI=1S/C20H23NO6/c1-20(2)8-7-16(22)13-9-12(5-6-15(13)20)21-11-27-10-14(18(23)25-3)17(21)19(24)26-4/h5-6,9H,7-8,10-11H2,1-4H3. The normalized spacial score (nSPS) is 18.8. The van der Waals surface area contributed by atoms with Crippen molar-refractivity contribution in [2.75, 3.05) is 32.5 Å². The first-order chi connectivity index (χ1) is 12.8. The van der Waals surface area contributed by atoms with Gasteiger partial charge in [0.2, 0.25) is 0 Å². The summed E-state index contributed by atoms with van der Waals surface area (Å²) in [5, 5.41) is 0. The minimum Gasteiger partial charge on any atom is -0.466 e. The van der Waals surface area contributed by atoms with Crippen molar-refractivity contribution in [2.45, 2.75) is 32.1 Å². The van der Waals surface area contributed by atoms with Crippen molar-refractivity contribution < 1.29 is 28.6 Å². The van der Waals surface area contributed by atoms with Gasteiger partial charge in [-0.2, -0.15) is 0 Å². The Hall–Kier alpha value is -2.67. The second-order valence-electron chi connectivity index (χ2n) is 7.25. The number of hydrogen-bond donors (Lipinski definition) is 0. The average molecular weight is 373 g/mol. The number of hydrogen-bond acceptors (Lipinski definition) is 7. The molecule has 144 valence electrons.